The SMILES string of the molecule is COc1ccc(CCNC(=O)CN2C(=O)C(C)Oc3ccc(C)cc32)cc1OC. The standard InChI is InChI=1S/C22H26N2O5/c1-14-5-7-18-17(11-14)24(22(26)15(2)29-18)13-21(25)23-10-9-16-6-8-19(27-3)20(12-16)28-4/h5-8,11-12,15H,9-10,13H2,1-4H3,(H,23,25). The number of fused-ring (bicyclic) bond motifs is 1. The lowest BCUT2D eigenvalue weighted by atomic mass is 10.1. The largest absolute Gasteiger partial charge is 0.493 e. The fourth-order valence-corrected chi connectivity index (χ4v) is 3.26. The van der Waals surface area contributed by atoms with Crippen LogP contribution < -0.4 is 24.4 Å². The lowest BCUT2D eigenvalue weighted by Gasteiger charge is -2.32. The molecule has 2 aromatic carbocycles. The molecular weight excluding hydrogens is 372 g/mol. The third kappa shape index (κ3) is 4.62. The predicted molar refractivity (Wildman–Crippen MR) is 110 cm³/mol. The van der Waals surface area contributed by atoms with Crippen LogP contribution in [0.5, 0.6) is 17.2 Å². The second kappa shape index (κ2) is 8.86. The number of carbonyl (C=O) groups is 2. The van der Waals surface area contributed by atoms with Gasteiger partial charge < -0.3 is 19.5 Å². The average Bonchev–Trinajstić information content (AvgIpc) is 2.71. The van der Waals surface area contributed by atoms with E-state index in [0.717, 1.165) is 11.1 Å². The van der Waals surface area contributed by atoms with Gasteiger partial charge in [-0.3, -0.25) is 14.5 Å². The molecular formula is C22H26N2O5. The highest BCUT2D eigenvalue weighted by molar-refractivity contribution is 6.03. The van der Waals surface area contributed by atoms with E-state index < -0.39 is 6.10 Å². The summed E-state index contributed by atoms with van der Waals surface area (Å²) in [5.41, 5.74) is 2.64. The van der Waals surface area contributed by atoms with Crippen molar-refractivity contribution in [3.8, 4) is 17.2 Å². The second-order valence-corrected chi connectivity index (χ2v) is 6.94. The monoisotopic (exact) mass is 398 g/mol. The Morgan fingerprint density at radius 1 is 1.14 bits per heavy atom. The smallest absolute Gasteiger partial charge is 0.268 e. The molecule has 0 radical (unpaired) electrons. The Morgan fingerprint density at radius 2 is 1.90 bits per heavy atom. The van der Waals surface area contributed by atoms with Gasteiger partial charge in [-0.2, -0.15) is 0 Å². The van der Waals surface area contributed by atoms with Gasteiger partial charge in [0, 0.05) is 6.54 Å². The van der Waals surface area contributed by atoms with Crippen molar-refractivity contribution in [3.05, 3.63) is 47.5 Å². The van der Waals surface area contributed by atoms with Crippen molar-refractivity contribution < 1.29 is 23.8 Å². The minimum atomic E-state index is -0.621. The van der Waals surface area contributed by atoms with E-state index in [-0.39, 0.29) is 18.4 Å². The molecule has 0 aromatic heterocycles. The summed E-state index contributed by atoms with van der Waals surface area (Å²) in [5, 5.41) is 2.88. The number of carbonyl (C=O) groups excluding carboxylic acids is 2. The van der Waals surface area contributed by atoms with Crippen molar-refractivity contribution in [2.75, 3.05) is 32.2 Å². The Balaban J connectivity index is 1.61. The maximum absolute atomic E-state index is 12.6. The number of benzene rings is 2. The maximum atomic E-state index is 12.6. The molecule has 29 heavy (non-hydrogen) atoms. The van der Waals surface area contributed by atoms with Crippen LogP contribution in [0.25, 0.3) is 0 Å². The average molecular weight is 398 g/mol. The molecule has 2 amide bonds. The van der Waals surface area contributed by atoms with E-state index in [1.165, 1.54) is 4.90 Å². The van der Waals surface area contributed by atoms with Crippen molar-refractivity contribution in [2.24, 2.45) is 0 Å². The molecule has 0 saturated carbocycles. The number of nitrogens with zero attached hydrogens (tertiary/aromatic N) is 1. The Bertz CT molecular complexity index is 912. The number of hydrogen-bond donors (Lipinski definition) is 1. The van der Waals surface area contributed by atoms with Crippen molar-refractivity contribution >= 4 is 17.5 Å². The lowest BCUT2D eigenvalue weighted by molar-refractivity contribution is -0.128. The normalized spacial score (nSPS) is 15.4. The van der Waals surface area contributed by atoms with Gasteiger partial charge in [-0.15, -0.1) is 0 Å². The van der Waals surface area contributed by atoms with Crippen LogP contribution in [0.15, 0.2) is 36.4 Å². The Hall–Kier alpha value is -3.22. The van der Waals surface area contributed by atoms with E-state index >= 15 is 0 Å². The summed E-state index contributed by atoms with van der Waals surface area (Å²) in [7, 11) is 3.18. The molecule has 1 aliphatic rings. The van der Waals surface area contributed by atoms with Gasteiger partial charge >= 0.3 is 0 Å². The number of aryl methyl sites for hydroxylation is 1. The Kier molecular flexibility index (Phi) is 6.26. The predicted octanol–water partition coefficient (Wildman–Crippen LogP) is 2.49. The maximum Gasteiger partial charge on any atom is 0.268 e. The van der Waals surface area contributed by atoms with Crippen molar-refractivity contribution in [1.82, 2.24) is 5.32 Å². The van der Waals surface area contributed by atoms with E-state index in [4.69, 9.17) is 14.2 Å². The molecule has 7 nitrogen and oxygen atoms in total. The van der Waals surface area contributed by atoms with Crippen LogP contribution in [-0.4, -0.2) is 45.2 Å². The zero-order chi connectivity index (χ0) is 21.0. The molecule has 1 aliphatic heterocycles. The molecule has 0 aliphatic carbocycles. The van der Waals surface area contributed by atoms with Crippen molar-refractivity contribution in [1.29, 1.82) is 0 Å². The summed E-state index contributed by atoms with van der Waals surface area (Å²) in [5.74, 6) is 1.48. The number of hydrogen-bond acceptors (Lipinski definition) is 5. The first-order valence-corrected chi connectivity index (χ1v) is 9.49. The molecule has 3 rings (SSSR count). The Morgan fingerprint density at radius 3 is 2.62 bits per heavy atom. The molecule has 1 N–H and O–H groups in total. The van der Waals surface area contributed by atoms with Gasteiger partial charge in [-0.05, 0) is 55.7 Å². The first-order chi connectivity index (χ1) is 13.9. The van der Waals surface area contributed by atoms with Crippen molar-refractivity contribution in [3.63, 3.8) is 0 Å². The van der Waals surface area contributed by atoms with Crippen LogP contribution in [-0.2, 0) is 16.0 Å². The number of rotatable bonds is 7. The highest BCUT2D eigenvalue weighted by Crippen LogP contribution is 2.34. The highest BCUT2D eigenvalue weighted by atomic mass is 16.5. The fraction of sp³-hybridized carbons (Fsp3) is 0.364. The first kappa shape index (κ1) is 20.5. The van der Waals surface area contributed by atoms with Gasteiger partial charge in [0.15, 0.2) is 17.6 Å². The molecule has 154 valence electrons. The summed E-state index contributed by atoms with van der Waals surface area (Å²) in [6.07, 6.45) is 0.0136. The highest BCUT2D eigenvalue weighted by Gasteiger charge is 2.32. The molecule has 0 bridgehead atoms. The molecule has 1 unspecified atom stereocenters. The van der Waals surface area contributed by atoms with Crippen LogP contribution in [0.2, 0.25) is 0 Å². The molecule has 0 spiro atoms. The summed E-state index contributed by atoms with van der Waals surface area (Å²) < 4.78 is 16.2. The third-order valence-electron chi connectivity index (χ3n) is 4.81. The quantitative estimate of drug-likeness (QED) is 0.775. The van der Waals surface area contributed by atoms with E-state index in [2.05, 4.69) is 5.32 Å². The summed E-state index contributed by atoms with van der Waals surface area (Å²) >= 11 is 0. The number of anilines is 1. The summed E-state index contributed by atoms with van der Waals surface area (Å²) in [4.78, 5) is 26.5. The molecule has 1 atom stereocenters. The molecule has 2 aromatic rings. The van der Waals surface area contributed by atoms with E-state index in [1.807, 2.05) is 43.3 Å². The fourth-order valence-electron chi connectivity index (χ4n) is 3.26. The topological polar surface area (TPSA) is 77.1 Å². The first-order valence-electron chi connectivity index (χ1n) is 9.49. The van der Waals surface area contributed by atoms with Crippen LogP contribution >= 0.6 is 0 Å². The number of nitrogens with one attached hydrogen (secondary N) is 1. The molecule has 7 heteroatoms. The van der Waals surface area contributed by atoms with E-state index in [1.54, 1.807) is 21.1 Å². The van der Waals surface area contributed by atoms with Gasteiger partial charge in [0.25, 0.3) is 5.91 Å². The second-order valence-electron chi connectivity index (χ2n) is 6.94. The summed E-state index contributed by atoms with van der Waals surface area (Å²) in [6, 6.07) is 11.3. The van der Waals surface area contributed by atoms with Crippen LogP contribution in [0, 0.1) is 6.92 Å². The summed E-state index contributed by atoms with van der Waals surface area (Å²) in [6.45, 7) is 4.02. The van der Waals surface area contributed by atoms with E-state index in [9.17, 15) is 9.59 Å². The molecule has 0 fully saturated rings. The number of amides is 2. The zero-order valence-electron chi connectivity index (χ0n) is 17.2. The van der Waals surface area contributed by atoms with Gasteiger partial charge in [0.05, 0.1) is 19.9 Å². The van der Waals surface area contributed by atoms with E-state index in [0.29, 0.717) is 35.9 Å². The Labute approximate surface area is 170 Å². The van der Waals surface area contributed by atoms with Crippen LogP contribution in [0.1, 0.15) is 18.1 Å². The molecule has 0 saturated heterocycles. The van der Waals surface area contributed by atoms with Gasteiger partial charge in [-0.1, -0.05) is 12.1 Å². The van der Waals surface area contributed by atoms with Gasteiger partial charge in [0.1, 0.15) is 12.3 Å². The molecule has 1 heterocycles. The number of methoxy groups -OCH3 is 2. The third-order valence-corrected chi connectivity index (χ3v) is 4.81. The van der Waals surface area contributed by atoms with Crippen molar-refractivity contribution in [2.45, 2.75) is 26.4 Å². The number of ether oxygens (including phenoxy) is 3. The minimum absolute atomic E-state index is 0.0467. The zero-order valence-corrected chi connectivity index (χ0v) is 17.2. The minimum Gasteiger partial charge on any atom is -0.493 e. The van der Waals surface area contributed by atoms with Crippen LogP contribution in [0.4, 0.5) is 5.69 Å². The van der Waals surface area contributed by atoms with Crippen LogP contribution in [0.3, 0.4) is 0 Å². The lowest BCUT2D eigenvalue weighted by Crippen LogP contribution is -2.49. The van der Waals surface area contributed by atoms with Gasteiger partial charge in [-0.25, -0.2) is 0 Å². The van der Waals surface area contributed by atoms with Gasteiger partial charge in [0.2, 0.25) is 5.91 Å².